The standard InChI is InChI=1S/C18H25FN4O2/c19-14-2-4-15(5-3-14)21-18(25)22-16-8-10-23(12-16)17(24)6-1-13-7-9-20-11-13/h2-5,13,16,20H,1,6-12H2,(H2,21,22,25). The van der Waals surface area contributed by atoms with Gasteiger partial charge in [-0.1, -0.05) is 0 Å². The molecule has 2 saturated heterocycles. The second-order valence-electron chi connectivity index (χ2n) is 6.83. The molecule has 2 fully saturated rings. The van der Waals surface area contributed by atoms with Gasteiger partial charge in [0.15, 0.2) is 0 Å². The Morgan fingerprint density at radius 1 is 1.24 bits per heavy atom. The van der Waals surface area contributed by atoms with E-state index in [1.54, 1.807) is 0 Å². The Morgan fingerprint density at radius 3 is 2.76 bits per heavy atom. The second kappa shape index (κ2) is 8.29. The Morgan fingerprint density at radius 2 is 2.04 bits per heavy atom. The Labute approximate surface area is 147 Å². The first-order chi connectivity index (χ1) is 12.1. The zero-order chi connectivity index (χ0) is 17.6. The molecule has 3 rings (SSSR count). The number of likely N-dealkylation sites (tertiary alicyclic amines) is 1. The monoisotopic (exact) mass is 348 g/mol. The van der Waals surface area contributed by atoms with Gasteiger partial charge in [-0.05, 0) is 62.5 Å². The molecule has 0 aromatic heterocycles. The summed E-state index contributed by atoms with van der Waals surface area (Å²) in [6.45, 7) is 3.31. The molecule has 136 valence electrons. The van der Waals surface area contributed by atoms with Gasteiger partial charge in [0, 0.05) is 31.2 Å². The fourth-order valence-corrected chi connectivity index (χ4v) is 3.44. The van der Waals surface area contributed by atoms with Gasteiger partial charge in [0.25, 0.3) is 0 Å². The maximum atomic E-state index is 12.9. The van der Waals surface area contributed by atoms with Crippen LogP contribution in [0.1, 0.15) is 25.7 Å². The smallest absolute Gasteiger partial charge is 0.319 e. The van der Waals surface area contributed by atoms with Crippen molar-refractivity contribution in [1.82, 2.24) is 15.5 Å². The number of benzene rings is 1. The molecule has 0 spiro atoms. The molecule has 1 aromatic rings. The largest absolute Gasteiger partial charge is 0.341 e. The third-order valence-electron chi connectivity index (χ3n) is 4.91. The van der Waals surface area contributed by atoms with Crippen molar-refractivity contribution in [2.75, 3.05) is 31.5 Å². The summed E-state index contributed by atoms with van der Waals surface area (Å²) < 4.78 is 12.9. The molecule has 0 bridgehead atoms. The van der Waals surface area contributed by atoms with E-state index in [0.29, 0.717) is 31.1 Å². The van der Waals surface area contributed by atoms with Gasteiger partial charge in [-0.25, -0.2) is 9.18 Å². The highest BCUT2D eigenvalue weighted by Gasteiger charge is 2.27. The number of urea groups is 1. The van der Waals surface area contributed by atoms with Crippen molar-refractivity contribution in [2.24, 2.45) is 5.92 Å². The van der Waals surface area contributed by atoms with Crippen LogP contribution in [-0.4, -0.2) is 49.1 Å². The van der Waals surface area contributed by atoms with Crippen LogP contribution in [-0.2, 0) is 4.79 Å². The molecule has 7 heteroatoms. The lowest BCUT2D eigenvalue weighted by Gasteiger charge is -2.18. The highest BCUT2D eigenvalue weighted by Crippen LogP contribution is 2.17. The Kier molecular flexibility index (Phi) is 5.86. The van der Waals surface area contributed by atoms with Gasteiger partial charge in [-0.2, -0.15) is 0 Å². The fraction of sp³-hybridized carbons (Fsp3) is 0.556. The lowest BCUT2D eigenvalue weighted by molar-refractivity contribution is -0.130. The second-order valence-corrected chi connectivity index (χ2v) is 6.83. The van der Waals surface area contributed by atoms with Crippen molar-refractivity contribution >= 4 is 17.6 Å². The predicted octanol–water partition coefficient (Wildman–Crippen LogP) is 1.94. The van der Waals surface area contributed by atoms with Gasteiger partial charge in [-0.3, -0.25) is 4.79 Å². The maximum Gasteiger partial charge on any atom is 0.319 e. The zero-order valence-electron chi connectivity index (χ0n) is 14.3. The number of nitrogens with one attached hydrogen (secondary N) is 3. The first kappa shape index (κ1) is 17.7. The highest BCUT2D eigenvalue weighted by molar-refractivity contribution is 5.89. The van der Waals surface area contributed by atoms with Crippen LogP contribution in [0.2, 0.25) is 0 Å². The van der Waals surface area contributed by atoms with Crippen LogP contribution in [0.15, 0.2) is 24.3 Å². The summed E-state index contributed by atoms with van der Waals surface area (Å²) in [5.41, 5.74) is 0.537. The van der Waals surface area contributed by atoms with E-state index in [9.17, 15) is 14.0 Å². The van der Waals surface area contributed by atoms with Crippen molar-refractivity contribution in [1.29, 1.82) is 0 Å². The van der Waals surface area contributed by atoms with Gasteiger partial charge in [-0.15, -0.1) is 0 Å². The van der Waals surface area contributed by atoms with E-state index >= 15 is 0 Å². The van der Waals surface area contributed by atoms with Crippen LogP contribution in [0.4, 0.5) is 14.9 Å². The van der Waals surface area contributed by atoms with Crippen molar-refractivity contribution in [3.63, 3.8) is 0 Å². The summed E-state index contributed by atoms with van der Waals surface area (Å²) in [5, 5.41) is 8.87. The van der Waals surface area contributed by atoms with Crippen molar-refractivity contribution in [3.05, 3.63) is 30.1 Å². The van der Waals surface area contributed by atoms with Gasteiger partial charge < -0.3 is 20.9 Å². The number of carbonyl (C=O) groups is 2. The molecule has 6 nitrogen and oxygen atoms in total. The Hall–Kier alpha value is -2.15. The highest BCUT2D eigenvalue weighted by atomic mass is 19.1. The van der Waals surface area contributed by atoms with E-state index in [1.807, 2.05) is 4.90 Å². The summed E-state index contributed by atoms with van der Waals surface area (Å²) in [6.07, 6.45) is 3.43. The molecule has 25 heavy (non-hydrogen) atoms. The third-order valence-corrected chi connectivity index (χ3v) is 4.91. The average Bonchev–Trinajstić information content (AvgIpc) is 3.26. The summed E-state index contributed by atoms with van der Waals surface area (Å²) >= 11 is 0. The molecule has 3 amide bonds. The van der Waals surface area contributed by atoms with Crippen LogP contribution < -0.4 is 16.0 Å². The lowest BCUT2D eigenvalue weighted by atomic mass is 10.0. The van der Waals surface area contributed by atoms with Crippen molar-refractivity contribution in [2.45, 2.75) is 31.7 Å². The summed E-state index contributed by atoms with van der Waals surface area (Å²) in [7, 11) is 0. The first-order valence-electron chi connectivity index (χ1n) is 8.92. The normalized spacial score (nSPS) is 22.8. The molecule has 1 aromatic carbocycles. The van der Waals surface area contributed by atoms with Gasteiger partial charge in [0.05, 0.1) is 0 Å². The van der Waals surface area contributed by atoms with Crippen LogP contribution in [0.3, 0.4) is 0 Å². The van der Waals surface area contributed by atoms with Crippen molar-refractivity contribution in [3.8, 4) is 0 Å². The number of anilines is 1. The number of hydrogen-bond donors (Lipinski definition) is 3. The minimum absolute atomic E-state index is 0.0439. The zero-order valence-corrected chi connectivity index (χ0v) is 14.3. The first-order valence-corrected chi connectivity index (χ1v) is 8.92. The van der Waals surface area contributed by atoms with E-state index in [2.05, 4.69) is 16.0 Å². The molecule has 0 aliphatic carbocycles. The summed E-state index contributed by atoms with van der Waals surface area (Å²) in [4.78, 5) is 26.1. The molecule has 2 atom stereocenters. The predicted molar refractivity (Wildman–Crippen MR) is 93.8 cm³/mol. The van der Waals surface area contributed by atoms with Crippen LogP contribution in [0, 0.1) is 11.7 Å². The van der Waals surface area contributed by atoms with Crippen molar-refractivity contribution < 1.29 is 14.0 Å². The molecule has 2 aliphatic heterocycles. The topological polar surface area (TPSA) is 73.5 Å². The molecular formula is C18H25FN4O2. The number of hydrogen-bond acceptors (Lipinski definition) is 3. The molecule has 2 heterocycles. The number of rotatable bonds is 5. The van der Waals surface area contributed by atoms with Crippen LogP contribution in [0.25, 0.3) is 0 Å². The minimum Gasteiger partial charge on any atom is -0.341 e. The quantitative estimate of drug-likeness (QED) is 0.761. The van der Waals surface area contributed by atoms with E-state index < -0.39 is 0 Å². The summed E-state index contributed by atoms with van der Waals surface area (Å²) in [5.74, 6) is 0.446. The SMILES string of the molecule is O=C(Nc1ccc(F)cc1)NC1CCN(C(=O)CCC2CCNC2)C1. The fourth-order valence-electron chi connectivity index (χ4n) is 3.44. The van der Waals surface area contributed by atoms with E-state index in [1.165, 1.54) is 24.3 Å². The molecule has 2 aliphatic rings. The van der Waals surface area contributed by atoms with Crippen LogP contribution in [0.5, 0.6) is 0 Å². The molecule has 0 radical (unpaired) electrons. The average molecular weight is 348 g/mol. The number of amides is 3. The number of nitrogens with zero attached hydrogens (tertiary/aromatic N) is 1. The molecule has 2 unspecified atom stereocenters. The lowest BCUT2D eigenvalue weighted by Crippen LogP contribution is -2.40. The molecular weight excluding hydrogens is 323 g/mol. The van der Waals surface area contributed by atoms with Gasteiger partial charge >= 0.3 is 6.03 Å². The maximum absolute atomic E-state index is 12.9. The number of halogens is 1. The van der Waals surface area contributed by atoms with Crippen LogP contribution >= 0.6 is 0 Å². The summed E-state index contributed by atoms with van der Waals surface area (Å²) in [6, 6.07) is 5.24. The van der Waals surface area contributed by atoms with E-state index in [0.717, 1.165) is 32.4 Å². The molecule has 3 N–H and O–H groups in total. The molecule has 0 saturated carbocycles. The number of carbonyl (C=O) groups excluding carboxylic acids is 2. The Balaban J connectivity index is 1.38. The van der Waals surface area contributed by atoms with Gasteiger partial charge in [0.1, 0.15) is 5.82 Å². The minimum atomic E-state index is -0.343. The van der Waals surface area contributed by atoms with E-state index in [-0.39, 0.29) is 23.8 Å². The van der Waals surface area contributed by atoms with Gasteiger partial charge in [0.2, 0.25) is 5.91 Å². The Bertz CT molecular complexity index is 602. The third kappa shape index (κ3) is 5.16. The van der Waals surface area contributed by atoms with E-state index in [4.69, 9.17) is 0 Å².